The molecule has 0 spiro atoms. The molecule has 0 saturated heterocycles. The molecule has 26 heavy (non-hydrogen) atoms. The summed E-state index contributed by atoms with van der Waals surface area (Å²) in [4.78, 5) is 8.36. The van der Waals surface area contributed by atoms with Crippen molar-refractivity contribution in [2.75, 3.05) is 27.3 Å². The minimum Gasteiger partial charge on any atom is -0.483 e. The molecule has 3 aromatic rings. The van der Waals surface area contributed by atoms with E-state index in [1.807, 2.05) is 36.4 Å². The molecular formula is C19H18N2O5. The van der Waals surface area contributed by atoms with Crippen molar-refractivity contribution in [3.8, 4) is 17.2 Å². The number of aromatic nitrogens is 2. The second-order valence-electron chi connectivity index (χ2n) is 5.71. The van der Waals surface area contributed by atoms with Crippen LogP contribution in [0.4, 0.5) is 0 Å². The van der Waals surface area contributed by atoms with Crippen molar-refractivity contribution in [2.45, 2.75) is 6.10 Å². The molecule has 1 aliphatic rings. The van der Waals surface area contributed by atoms with Gasteiger partial charge in [0, 0.05) is 13.3 Å². The number of rotatable bonds is 7. The van der Waals surface area contributed by atoms with Crippen molar-refractivity contribution >= 4 is 10.9 Å². The predicted octanol–water partition coefficient (Wildman–Crippen LogP) is 3.10. The van der Waals surface area contributed by atoms with Crippen molar-refractivity contribution in [1.29, 1.82) is 0 Å². The molecule has 0 amide bonds. The van der Waals surface area contributed by atoms with E-state index in [1.54, 1.807) is 13.3 Å². The molecule has 1 aliphatic heterocycles. The van der Waals surface area contributed by atoms with Crippen molar-refractivity contribution in [3.63, 3.8) is 0 Å². The molecular weight excluding hydrogens is 336 g/mol. The third-order valence-corrected chi connectivity index (χ3v) is 4.02. The van der Waals surface area contributed by atoms with Crippen molar-refractivity contribution in [2.24, 2.45) is 0 Å². The lowest BCUT2D eigenvalue weighted by molar-refractivity contribution is -0.0569. The van der Waals surface area contributed by atoms with Crippen LogP contribution in [0.3, 0.4) is 0 Å². The summed E-state index contributed by atoms with van der Waals surface area (Å²) in [5.74, 6) is 2.11. The van der Waals surface area contributed by atoms with Crippen LogP contribution in [0.2, 0.25) is 0 Å². The average Bonchev–Trinajstić information content (AvgIpc) is 3.15. The maximum atomic E-state index is 6.26. The molecule has 0 aliphatic carbocycles. The van der Waals surface area contributed by atoms with Crippen molar-refractivity contribution in [1.82, 2.24) is 9.97 Å². The Labute approximate surface area is 150 Å². The highest BCUT2D eigenvalue weighted by atomic mass is 16.7. The Morgan fingerprint density at radius 3 is 3.00 bits per heavy atom. The van der Waals surface area contributed by atoms with E-state index in [1.165, 1.54) is 6.33 Å². The summed E-state index contributed by atoms with van der Waals surface area (Å²) >= 11 is 0. The highest BCUT2D eigenvalue weighted by Crippen LogP contribution is 2.36. The Kier molecular flexibility index (Phi) is 4.81. The topological polar surface area (TPSA) is 71.9 Å². The smallest absolute Gasteiger partial charge is 0.231 e. The normalized spacial score (nSPS) is 13.7. The Morgan fingerprint density at radius 2 is 2.08 bits per heavy atom. The van der Waals surface area contributed by atoms with Crippen LogP contribution in [0.15, 0.2) is 48.9 Å². The van der Waals surface area contributed by atoms with Gasteiger partial charge in [-0.1, -0.05) is 12.1 Å². The van der Waals surface area contributed by atoms with Crippen LogP contribution in [0.1, 0.15) is 11.7 Å². The average molecular weight is 354 g/mol. The van der Waals surface area contributed by atoms with Crippen LogP contribution < -0.4 is 14.2 Å². The van der Waals surface area contributed by atoms with Gasteiger partial charge in [0.15, 0.2) is 11.5 Å². The molecule has 134 valence electrons. The third kappa shape index (κ3) is 3.40. The monoisotopic (exact) mass is 354 g/mol. The van der Waals surface area contributed by atoms with Crippen LogP contribution >= 0.6 is 0 Å². The van der Waals surface area contributed by atoms with Crippen LogP contribution in [0, 0.1) is 0 Å². The Balaban J connectivity index is 1.64. The molecule has 0 bridgehead atoms. The Hall–Kier alpha value is -2.90. The van der Waals surface area contributed by atoms with Gasteiger partial charge in [0.2, 0.25) is 6.79 Å². The molecule has 1 aromatic heterocycles. The van der Waals surface area contributed by atoms with Gasteiger partial charge < -0.3 is 23.7 Å². The highest BCUT2D eigenvalue weighted by molar-refractivity contribution is 5.84. The summed E-state index contributed by atoms with van der Waals surface area (Å²) in [7, 11) is 1.58. The predicted molar refractivity (Wildman–Crippen MR) is 93.3 cm³/mol. The fraction of sp³-hybridized carbons (Fsp3) is 0.263. The standard InChI is InChI=1S/C19H18N2O5/c1-22-11-23-9-19(13-5-6-17-18(7-13)25-12-24-17)26-16-4-2-3-15-14(16)8-20-10-21-15/h2-8,10,19H,9,11-12H2,1H3. The van der Waals surface area contributed by atoms with Crippen LogP contribution in [-0.4, -0.2) is 37.3 Å². The first kappa shape index (κ1) is 16.6. The van der Waals surface area contributed by atoms with E-state index < -0.39 is 0 Å². The lowest BCUT2D eigenvalue weighted by Gasteiger charge is -2.20. The SMILES string of the molecule is COCOCC(Oc1cccc2ncncc12)c1ccc2c(c1)OCO2. The van der Waals surface area contributed by atoms with Gasteiger partial charge in [0.25, 0.3) is 0 Å². The van der Waals surface area contributed by atoms with E-state index in [-0.39, 0.29) is 19.7 Å². The molecule has 2 heterocycles. The molecule has 0 N–H and O–H groups in total. The van der Waals surface area contributed by atoms with Gasteiger partial charge >= 0.3 is 0 Å². The van der Waals surface area contributed by atoms with Gasteiger partial charge in [0.05, 0.1) is 17.5 Å². The minimum atomic E-state index is -0.356. The molecule has 7 nitrogen and oxygen atoms in total. The first-order valence-electron chi connectivity index (χ1n) is 8.17. The second kappa shape index (κ2) is 7.55. The summed E-state index contributed by atoms with van der Waals surface area (Å²) in [6.45, 7) is 0.728. The fourth-order valence-corrected chi connectivity index (χ4v) is 2.78. The number of hydrogen-bond donors (Lipinski definition) is 0. The van der Waals surface area contributed by atoms with Crippen LogP contribution in [0.5, 0.6) is 17.2 Å². The Morgan fingerprint density at radius 1 is 1.15 bits per heavy atom. The molecule has 4 rings (SSSR count). The Bertz CT molecular complexity index is 897. The van der Waals surface area contributed by atoms with Gasteiger partial charge in [-0.25, -0.2) is 9.97 Å². The highest BCUT2D eigenvalue weighted by Gasteiger charge is 2.20. The lowest BCUT2D eigenvalue weighted by Crippen LogP contribution is -2.16. The zero-order chi connectivity index (χ0) is 17.8. The zero-order valence-electron chi connectivity index (χ0n) is 14.3. The molecule has 0 fully saturated rings. The number of nitrogens with zero attached hydrogens (tertiary/aromatic N) is 2. The van der Waals surface area contributed by atoms with E-state index in [2.05, 4.69) is 9.97 Å². The van der Waals surface area contributed by atoms with Crippen molar-refractivity contribution < 1.29 is 23.7 Å². The molecule has 1 atom stereocenters. The van der Waals surface area contributed by atoms with E-state index in [0.717, 1.165) is 22.2 Å². The lowest BCUT2D eigenvalue weighted by atomic mass is 10.1. The van der Waals surface area contributed by atoms with Crippen LogP contribution in [0.25, 0.3) is 10.9 Å². The number of benzene rings is 2. The summed E-state index contributed by atoms with van der Waals surface area (Å²) in [5.41, 5.74) is 1.74. The minimum absolute atomic E-state index is 0.184. The summed E-state index contributed by atoms with van der Waals surface area (Å²) in [5, 5.41) is 0.840. The van der Waals surface area contributed by atoms with Gasteiger partial charge in [0.1, 0.15) is 25.0 Å². The molecule has 7 heteroatoms. The maximum absolute atomic E-state index is 6.26. The number of hydrogen-bond acceptors (Lipinski definition) is 7. The van der Waals surface area contributed by atoms with E-state index in [4.69, 9.17) is 23.7 Å². The number of fused-ring (bicyclic) bond motifs is 2. The van der Waals surface area contributed by atoms with Crippen LogP contribution in [-0.2, 0) is 9.47 Å². The first-order valence-corrected chi connectivity index (χ1v) is 8.17. The second-order valence-corrected chi connectivity index (χ2v) is 5.71. The number of methoxy groups -OCH3 is 1. The molecule has 0 saturated carbocycles. The van der Waals surface area contributed by atoms with E-state index in [0.29, 0.717) is 18.1 Å². The molecule has 1 unspecified atom stereocenters. The first-order chi connectivity index (χ1) is 12.8. The summed E-state index contributed by atoms with van der Waals surface area (Å²) in [6, 6.07) is 11.4. The largest absolute Gasteiger partial charge is 0.483 e. The van der Waals surface area contributed by atoms with Gasteiger partial charge in [-0.3, -0.25) is 0 Å². The van der Waals surface area contributed by atoms with Gasteiger partial charge in [-0.2, -0.15) is 0 Å². The number of ether oxygens (including phenoxy) is 5. The molecule has 2 aromatic carbocycles. The molecule has 0 radical (unpaired) electrons. The van der Waals surface area contributed by atoms with Crippen molar-refractivity contribution in [3.05, 3.63) is 54.5 Å². The summed E-state index contributed by atoms with van der Waals surface area (Å²) < 4.78 is 27.6. The third-order valence-electron chi connectivity index (χ3n) is 4.02. The summed E-state index contributed by atoms with van der Waals surface area (Å²) in [6.07, 6.45) is 2.90. The quantitative estimate of drug-likeness (QED) is 0.477. The van der Waals surface area contributed by atoms with Gasteiger partial charge in [-0.05, 0) is 29.8 Å². The van der Waals surface area contributed by atoms with Gasteiger partial charge in [-0.15, -0.1) is 0 Å². The maximum Gasteiger partial charge on any atom is 0.231 e. The zero-order valence-corrected chi connectivity index (χ0v) is 14.3. The van der Waals surface area contributed by atoms with E-state index in [9.17, 15) is 0 Å². The van der Waals surface area contributed by atoms with E-state index >= 15 is 0 Å². The fourth-order valence-electron chi connectivity index (χ4n) is 2.78.